The Bertz CT molecular complexity index is 430. The Kier molecular flexibility index (Phi) is 7.85. The number of hydrogen-bond acceptors (Lipinski definition) is 4. The maximum absolute atomic E-state index is 5.47. The summed E-state index contributed by atoms with van der Waals surface area (Å²) in [6.07, 6.45) is 1.17. The summed E-state index contributed by atoms with van der Waals surface area (Å²) in [6, 6.07) is 5.53. The molecule has 1 rings (SSSR count). The maximum atomic E-state index is 5.47. The summed E-state index contributed by atoms with van der Waals surface area (Å²) in [5.74, 6) is 1.43. The number of thiocarbonyl (C=S) groups is 1. The van der Waals surface area contributed by atoms with Crippen LogP contribution in [0.5, 0.6) is 11.5 Å². The summed E-state index contributed by atoms with van der Waals surface area (Å²) in [5, 5.41) is 6.81. The van der Waals surface area contributed by atoms with Crippen LogP contribution in [-0.2, 0) is 4.74 Å². The zero-order valence-electron chi connectivity index (χ0n) is 13.1. The predicted octanol–water partition coefficient (Wildman–Crippen LogP) is 2.81. The van der Waals surface area contributed by atoms with Crippen molar-refractivity contribution in [1.82, 2.24) is 5.32 Å². The van der Waals surface area contributed by atoms with Crippen LogP contribution in [-0.4, -0.2) is 38.6 Å². The van der Waals surface area contributed by atoms with E-state index in [-0.39, 0.29) is 6.10 Å². The van der Waals surface area contributed by atoms with Crippen molar-refractivity contribution in [3.63, 3.8) is 0 Å². The summed E-state index contributed by atoms with van der Waals surface area (Å²) >= 11 is 5.25. The SMILES string of the molecule is COc1cc(NC(=S)NCCCOC(C)C)cc(OC)c1. The molecule has 6 heteroatoms. The van der Waals surface area contributed by atoms with Crippen molar-refractivity contribution in [2.75, 3.05) is 32.7 Å². The van der Waals surface area contributed by atoms with Crippen LogP contribution in [0.15, 0.2) is 18.2 Å². The van der Waals surface area contributed by atoms with Gasteiger partial charge in [-0.05, 0) is 32.5 Å². The average Bonchev–Trinajstić information content (AvgIpc) is 2.46. The number of ether oxygens (including phenoxy) is 3. The Morgan fingerprint density at radius 1 is 1.14 bits per heavy atom. The Morgan fingerprint density at radius 2 is 1.76 bits per heavy atom. The fraction of sp³-hybridized carbons (Fsp3) is 0.533. The first-order chi connectivity index (χ1) is 10.0. The molecule has 0 amide bonds. The number of anilines is 1. The molecule has 0 saturated carbocycles. The molecule has 0 fully saturated rings. The number of benzene rings is 1. The van der Waals surface area contributed by atoms with Gasteiger partial charge in [-0.3, -0.25) is 0 Å². The first kappa shape index (κ1) is 17.5. The Morgan fingerprint density at radius 3 is 2.29 bits per heavy atom. The van der Waals surface area contributed by atoms with E-state index in [1.165, 1.54) is 0 Å². The molecule has 0 aliphatic rings. The second-order valence-electron chi connectivity index (χ2n) is 4.76. The highest BCUT2D eigenvalue weighted by atomic mass is 32.1. The normalized spacial score (nSPS) is 10.3. The van der Waals surface area contributed by atoms with Gasteiger partial charge in [-0.2, -0.15) is 0 Å². The topological polar surface area (TPSA) is 51.8 Å². The lowest BCUT2D eigenvalue weighted by Gasteiger charge is -2.13. The van der Waals surface area contributed by atoms with E-state index in [9.17, 15) is 0 Å². The molecule has 1 aromatic carbocycles. The highest BCUT2D eigenvalue weighted by Crippen LogP contribution is 2.25. The zero-order chi connectivity index (χ0) is 15.7. The third-order valence-electron chi connectivity index (χ3n) is 2.67. The molecule has 0 bridgehead atoms. The average molecular weight is 312 g/mol. The van der Waals surface area contributed by atoms with Gasteiger partial charge in [-0.25, -0.2) is 0 Å². The van der Waals surface area contributed by atoms with E-state index in [1.807, 2.05) is 32.0 Å². The van der Waals surface area contributed by atoms with E-state index in [2.05, 4.69) is 10.6 Å². The van der Waals surface area contributed by atoms with E-state index in [1.54, 1.807) is 14.2 Å². The molecule has 0 atom stereocenters. The van der Waals surface area contributed by atoms with Crippen molar-refractivity contribution in [1.29, 1.82) is 0 Å². The monoisotopic (exact) mass is 312 g/mol. The van der Waals surface area contributed by atoms with Gasteiger partial charge < -0.3 is 24.8 Å². The molecule has 21 heavy (non-hydrogen) atoms. The van der Waals surface area contributed by atoms with Gasteiger partial charge in [-0.1, -0.05) is 0 Å². The quantitative estimate of drug-likeness (QED) is 0.569. The van der Waals surface area contributed by atoms with E-state index < -0.39 is 0 Å². The van der Waals surface area contributed by atoms with Crippen molar-refractivity contribution in [3.05, 3.63) is 18.2 Å². The van der Waals surface area contributed by atoms with Crippen LogP contribution in [0.3, 0.4) is 0 Å². The van der Waals surface area contributed by atoms with E-state index in [0.29, 0.717) is 16.6 Å². The Labute approximate surface area is 132 Å². The van der Waals surface area contributed by atoms with Gasteiger partial charge in [-0.15, -0.1) is 0 Å². The van der Waals surface area contributed by atoms with Crippen LogP contribution in [0.2, 0.25) is 0 Å². The molecule has 0 aromatic heterocycles. The van der Waals surface area contributed by atoms with Crippen LogP contribution in [0.25, 0.3) is 0 Å². The second-order valence-corrected chi connectivity index (χ2v) is 5.16. The lowest BCUT2D eigenvalue weighted by Crippen LogP contribution is -2.30. The van der Waals surface area contributed by atoms with E-state index in [4.69, 9.17) is 26.4 Å². The molecule has 0 aliphatic heterocycles. The molecule has 0 aliphatic carbocycles. The molecule has 5 nitrogen and oxygen atoms in total. The van der Waals surface area contributed by atoms with Crippen LogP contribution in [0.4, 0.5) is 5.69 Å². The van der Waals surface area contributed by atoms with Gasteiger partial charge >= 0.3 is 0 Å². The van der Waals surface area contributed by atoms with Gasteiger partial charge in [0.15, 0.2) is 5.11 Å². The fourth-order valence-electron chi connectivity index (χ4n) is 1.65. The first-order valence-corrected chi connectivity index (χ1v) is 7.35. The number of hydrogen-bond donors (Lipinski definition) is 2. The van der Waals surface area contributed by atoms with E-state index >= 15 is 0 Å². The summed E-state index contributed by atoms with van der Waals surface area (Å²) < 4.78 is 15.9. The van der Waals surface area contributed by atoms with Gasteiger partial charge in [0.25, 0.3) is 0 Å². The van der Waals surface area contributed by atoms with Crippen molar-refractivity contribution in [2.24, 2.45) is 0 Å². The highest BCUT2D eigenvalue weighted by molar-refractivity contribution is 7.80. The number of rotatable bonds is 8. The number of nitrogens with one attached hydrogen (secondary N) is 2. The smallest absolute Gasteiger partial charge is 0.170 e. The lowest BCUT2D eigenvalue weighted by atomic mass is 10.3. The largest absolute Gasteiger partial charge is 0.497 e. The predicted molar refractivity (Wildman–Crippen MR) is 89.5 cm³/mol. The highest BCUT2D eigenvalue weighted by Gasteiger charge is 2.03. The molecule has 1 aromatic rings. The fourth-order valence-corrected chi connectivity index (χ4v) is 1.87. The van der Waals surface area contributed by atoms with Crippen molar-refractivity contribution in [2.45, 2.75) is 26.4 Å². The summed E-state index contributed by atoms with van der Waals surface area (Å²) in [5.41, 5.74) is 0.821. The molecule has 0 radical (unpaired) electrons. The van der Waals surface area contributed by atoms with Crippen molar-refractivity contribution >= 4 is 23.0 Å². The lowest BCUT2D eigenvalue weighted by molar-refractivity contribution is 0.0777. The van der Waals surface area contributed by atoms with Crippen LogP contribution in [0, 0.1) is 0 Å². The van der Waals surface area contributed by atoms with Gasteiger partial charge in [0, 0.05) is 37.0 Å². The van der Waals surface area contributed by atoms with Gasteiger partial charge in [0.1, 0.15) is 11.5 Å². The van der Waals surface area contributed by atoms with Gasteiger partial charge in [0.05, 0.1) is 20.3 Å². The van der Waals surface area contributed by atoms with Crippen LogP contribution in [0.1, 0.15) is 20.3 Å². The Hall–Kier alpha value is -1.53. The summed E-state index contributed by atoms with van der Waals surface area (Å²) in [7, 11) is 3.23. The molecular weight excluding hydrogens is 288 g/mol. The molecule has 118 valence electrons. The summed E-state index contributed by atoms with van der Waals surface area (Å²) in [6.45, 7) is 5.53. The molecule has 0 spiro atoms. The molecule has 0 unspecified atom stereocenters. The van der Waals surface area contributed by atoms with Crippen LogP contribution < -0.4 is 20.1 Å². The summed E-state index contributed by atoms with van der Waals surface area (Å²) in [4.78, 5) is 0. The van der Waals surface area contributed by atoms with Crippen molar-refractivity contribution < 1.29 is 14.2 Å². The zero-order valence-corrected chi connectivity index (χ0v) is 13.9. The Balaban J connectivity index is 2.40. The minimum Gasteiger partial charge on any atom is -0.497 e. The minimum absolute atomic E-state index is 0.263. The second kappa shape index (κ2) is 9.41. The van der Waals surface area contributed by atoms with Crippen molar-refractivity contribution in [3.8, 4) is 11.5 Å². The molecular formula is C15H24N2O3S. The van der Waals surface area contributed by atoms with Gasteiger partial charge in [0.2, 0.25) is 0 Å². The first-order valence-electron chi connectivity index (χ1n) is 6.94. The minimum atomic E-state index is 0.263. The molecule has 0 saturated heterocycles. The standard InChI is InChI=1S/C15H24N2O3S/c1-11(2)20-7-5-6-16-15(21)17-12-8-13(18-3)10-14(9-12)19-4/h8-11H,5-7H2,1-4H3,(H2,16,17,21). The molecule has 2 N–H and O–H groups in total. The van der Waals surface area contributed by atoms with E-state index in [0.717, 1.165) is 25.3 Å². The number of methoxy groups -OCH3 is 2. The molecule has 0 heterocycles. The third kappa shape index (κ3) is 7.15. The maximum Gasteiger partial charge on any atom is 0.170 e. The third-order valence-corrected chi connectivity index (χ3v) is 2.91. The van der Waals surface area contributed by atoms with Crippen LogP contribution >= 0.6 is 12.2 Å².